The van der Waals surface area contributed by atoms with Crippen molar-refractivity contribution in [2.24, 2.45) is 0 Å². The second kappa shape index (κ2) is 8.61. The molecule has 35 heavy (non-hydrogen) atoms. The summed E-state index contributed by atoms with van der Waals surface area (Å²) in [5.41, 5.74) is 6.41. The Morgan fingerprint density at radius 2 is 1.37 bits per heavy atom. The Balaban J connectivity index is 1.42. The predicted octanol–water partition coefficient (Wildman–Crippen LogP) is 5.88. The Morgan fingerprint density at radius 1 is 0.800 bits per heavy atom. The average Bonchev–Trinajstić information content (AvgIpc) is 3.67. The molecule has 0 unspecified atom stereocenters. The Morgan fingerprint density at radius 3 is 2.00 bits per heavy atom. The van der Waals surface area contributed by atoms with Gasteiger partial charge >= 0.3 is 0 Å². The van der Waals surface area contributed by atoms with Crippen molar-refractivity contribution in [3.63, 3.8) is 0 Å². The van der Waals surface area contributed by atoms with E-state index in [4.69, 9.17) is 9.97 Å². The van der Waals surface area contributed by atoms with Gasteiger partial charge in [0.15, 0.2) is 0 Å². The molecule has 6 aromatic rings. The van der Waals surface area contributed by atoms with Crippen LogP contribution < -0.4 is 5.56 Å². The van der Waals surface area contributed by atoms with Gasteiger partial charge in [-0.1, -0.05) is 60.7 Å². The highest BCUT2D eigenvalue weighted by atomic mass is 32.1. The van der Waals surface area contributed by atoms with Crippen LogP contribution >= 0.6 is 22.7 Å². The van der Waals surface area contributed by atoms with E-state index in [1.165, 1.54) is 27.4 Å². The van der Waals surface area contributed by atoms with E-state index >= 15 is 0 Å². The van der Waals surface area contributed by atoms with E-state index in [0.29, 0.717) is 21.5 Å². The maximum absolute atomic E-state index is 13.6. The highest BCUT2D eigenvalue weighted by Gasteiger charge is 2.22. The average molecular weight is 497 g/mol. The summed E-state index contributed by atoms with van der Waals surface area (Å²) in [4.78, 5) is 23.1. The predicted molar refractivity (Wildman–Crippen MR) is 141 cm³/mol. The minimum atomic E-state index is -0.169. The standard InChI is InChI=1S/C26H20N6OS2/c1-16-13-22(31(29-16)25-27-20(14-34-25)18-9-5-3-6-10-18)23-17(2)30-32(24(23)33)26-28-21(15-35-26)19-11-7-4-8-12-19/h3-15,30H,1-2H3. The van der Waals surface area contributed by atoms with Crippen molar-refractivity contribution in [3.8, 4) is 44.0 Å². The zero-order valence-electron chi connectivity index (χ0n) is 19.0. The number of hydrogen-bond acceptors (Lipinski definition) is 6. The fraction of sp³-hybridized carbons (Fsp3) is 0.0769. The van der Waals surface area contributed by atoms with Crippen LogP contribution in [0.15, 0.2) is 82.3 Å². The molecule has 0 aliphatic carbocycles. The zero-order valence-corrected chi connectivity index (χ0v) is 20.6. The van der Waals surface area contributed by atoms with Crippen LogP contribution in [0.3, 0.4) is 0 Å². The molecule has 4 aromatic heterocycles. The number of aryl methyl sites for hydroxylation is 2. The first-order valence-corrected chi connectivity index (χ1v) is 12.8. The van der Waals surface area contributed by atoms with Crippen LogP contribution in [-0.4, -0.2) is 29.5 Å². The molecule has 0 bridgehead atoms. The second-order valence-corrected chi connectivity index (χ2v) is 9.77. The van der Waals surface area contributed by atoms with Gasteiger partial charge in [-0.15, -0.1) is 22.7 Å². The normalized spacial score (nSPS) is 11.3. The van der Waals surface area contributed by atoms with E-state index in [-0.39, 0.29) is 5.56 Å². The van der Waals surface area contributed by atoms with Crippen LogP contribution in [-0.2, 0) is 0 Å². The highest BCUT2D eigenvalue weighted by Crippen LogP contribution is 2.29. The lowest BCUT2D eigenvalue weighted by molar-refractivity contribution is 0.827. The quantitative estimate of drug-likeness (QED) is 0.323. The number of nitrogens with zero attached hydrogens (tertiary/aromatic N) is 5. The Kier molecular flexibility index (Phi) is 5.28. The molecule has 0 amide bonds. The van der Waals surface area contributed by atoms with E-state index < -0.39 is 0 Å². The van der Waals surface area contributed by atoms with Crippen molar-refractivity contribution >= 4 is 22.7 Å². The van der Waals surface area contributed by atoms with Gasteiger partial charge < -0.3 is 0 Å². The monoisotopic (exact) mass is 496 g/mol. The van der Waals surface area contributed by atoms with Crippen LogP contribution in [0.2, 0.25) is 0 Å². The van der Waals surface area contributed by atoms with Crippen LogP contribution in [0.25, 0.3) is 44.0 Å². The van der Waals surface area contributed by atoms with Crippen molar-refractivity contribution in [1.82, 2.24) is 29.5 Å². The number of benzene rings is 2. The molecular formula is C26H20N6OS2. The third-order valence-corrected chi connectivity index (χ3v) is 7.30. The summed E-state index contributed by atoms with van der Waals surface area (Å²) in [6.45, 7) is 3.81. The number of hydrogen-bond donors (Lipinski definition) is 1. The smallest absolute Gasteiger partial charge is 0.283 e. The molecule has 2 aromatic carbocycles. The number of aromatic amines is 1. The van der Waals surface area contributed by atoms with Crippen molar-refractivity contribution in [1.29, 1.82) is 0 Å². The second-order valence-electron chi connectivity index (χ2n) is 8.10. The third-order valence-electron chi connectivity index (χ3n) is 5.65. The van der Waals surface area contributed by atoms with E-state index in [1.54, 1.807) is 4.68 Å². The molecule has 7 nitrogen and oxygen atoms in total. The van der Waals surface area contributed by atoms with Crippen LogP contribution in [0, 0.1) is 13.8 Å². The van der Waals surface area contributed by atoms with Gasteiger partial charge in [0.05, 0.1) is 28.3 Å². The van der Waals surface area contributed by atoms with Crippen molar-refractivity contribution in [2.75, 3.05) is 0 Å². The van der Waals surface area contributed by atoms with Gasteiger partial charge in [0, 0.05) is 27.6 Å². The molecule has 0 atom stereocenters. The minimum absolute atomic E-state index is 0.169. The summed E-state index contributed by atoms with van der Waals surface area (Å²) >= 11 is 2.92. The largest absolute Gasteiger partial charge is 0.293 e. The molecule has 172 valence electrons. The summed E-state index contributed by atoms with van der Waals surface area (Å²) < 4.78 is 3.26. The van der Waals surface area contributed by atoms with E-state index in [0.717, 1.165) is 33.9 Å². The van der Waals surface area contributed by atoms with E-state index in [9.17, 15) is 4.79 Å². The molecule has 0 aliphatic rings. The minimum Gasteiger partial charge on any atom is -0.293 e. The topological polar surface area (TPSA) is 81.4 Å². The number of rotatable bonds is 5. The van der Waals surface area contributed by atoms with Crippen molar-refractivity contribution < 1.29 is 0 Å². The number of thiazole rings is 2. The molecular weight excluding hydrogens is 476 g/mol. The molecule has 0 fully saturated rings. The maximum Gasteiger partial charge on any atom is 0.283 e. The van der Waals surface area contributed by atoms with Crippen LogP contribution in [0.1, 0.15) is 11.4 Å². The van der Waals surface area contributed by atoms with Crippen molar-refractivity contribution in [3.05, 3.63) is 99.2 Å². The molecule has 4 heterocycles. The van der Waals surface area contributed by atoms with Gasteiger partial charge in [0.25, 0.3) is 5.56 Å². The molecule has 9 heteroatoms. The first-order valence-electron chi connectivity index (χ1n) is 11.0. The Hall–Kier alpha value is -4.08. The van der Waals surface area contributed by atoms with E-state index in [1.807, 2.05) is 91.3 Å². The molecule has 0 saturated heterocycles. The van der Waals surface area contributed by atoms with Crippen LogP contribution in [0.5, 0.6) is 0 Å². The number of aromatic nitrogens is 6. The van der Waals surface area contributed by atoms with Gasteiger partial charge in [-0.3, -0.25) is 9.89 Å². The maximum atomic E-state index is 13.6. The summed E-state index contributed by atoms with van der Waals surface area (Å²) in [6.07, 6.45) is 0. The van der Waals surface area contributed by atoms with Crippen LogP contribution in [0.4, 0.5) is 0 Å². The first-order chi connectivity index (χ1) is 17.1. The lowest BCUT2D eigenvalue weighted by Crippen LogP contribution is -2.16. The fourth-order valence-corrected chi connectivity index (χ4v) is 5.60. The fourth-order valence-electron chi connectivity index (χ4n) is 4.02. The Bertz CT molecular complexity index is 1690. The van der Waals surface area contributed by atoms with E-state index in [2.05, 4.69) is 10.2 Å². The molecule has 1 N–H and O–H groups in total. The summed E-state index contributed by atoms with van der Waals surface area (Å²) in [5, 5.41) is 13.1. The lowest BCUT2D eigenvalue weighted by Gasteiger charge is -2.02. The van der Waals surface area contributed by atoms with Gasteiger partial charge in [-0.05, 0) is 19.9 Å². The molecule has 0 spiro atoms. The summed E-state index contributed by atoms with van der Waals surface area (Å²) in [5.74, 6) is 0. The van der Waals surface area contributed by atoms with Gasteiger partial charge in [0.2, 0.25) is 10.3 Å². The Labute approximate surface area is 209 Å². The molecule has 0 saturated carbocycles. The summed E-state index contributed by atoms with van der Waals surface area (Å²) in [7, 11) is 0. The summed E-state index contributed by atoms with van der Waals surface area (Å²) in [6, 6.07) is 21.9. The molecule has 0 radical (unpaired) electrons. The third kappa shape index (κ3) is 3.84. The van der Waals surface area contributed by atoms with Crippen molar-refractivity contribution in [2.45, 2.75) is 13.8 Å². The lowest BCUT2D eigenvalue weighted by atomic mass is 10.2. The number of nitrogens with one attached hydrogen (secondary N) is 1. The molecule has 0 aliphatic heterocycles. The van der Waals surface area contributed by atoms with Gasteiger partial charge in [0.1, 0.15) is 0 Å². The first kappa shape index (κ1) is 21.5. The van der Waals surface area contributed by atoms with Gasteiger partial charge in [-0.2, -0.15) is 9.78 Å². The zero-order chi connectivity index (χ0) is 23.9. The van der Waals surface area contributed by atoms with Gasteiger partial charge in [-0.25, -0.2) is 14.6 Å². The molecule has 6 rings (SSSR count). The SMILES string of the molecule is Cc1cc(-c2c(C)[nH]n(-c3nc(-c4ccccc4)cs3)c2=O)n(-c2nc(-c3ccccc3)cs2)n1. The highest BCUT2D eigenvalue weighted by molar-refractivity contribution is 7.12. The number of H-pyrrole nitrogens is 1.